The van der Waals surface area contributed by atoms with Crippen LogP contribution in [0.1, 0.15) is 25.5 Å². The molecule has 0 saturated carbocycles. The fraction of sp³-hybridized carbons (Fsp3) is 0.500. The van der Waals surface area contributed by atoms with Crippen LogP contribution in [0.4, 0.5) is 8.78 Å². The summed E-state index contributed by atoms with van der Waals surface area (Å²) in [6.07, 6.45) is -0.350. The van der Waals surface area contributed by atoms with Gasteiger partial charge >= 0.3 is 0 Å². The van der Waals surface area contributed by atoms with E-state index in [1.165, 1.54) is 12.1 Å². The highest BCUT2D eigenvalue weighted by atomic mass is 35.5. The lowest BCUT2D eigenvalue weighted by molar-refractivity contribution is -0.0225. The van der Waals surface area contributed by atoms with Gasteiger partial charge in [0.15, 0.2) is 0 Å². The summed E-state index contributed by atoms with van der Waals surface area (Å²) in [6.45, 7) is 4.47. The number of halogens is 3. The predicted octanol–water partition coefficient (Wildman–Crippen LogP) is 2.82. The Labute approximate surface area is 106 Å². The molecule has 5 heteroatoms. The Morgan fingerprint density at radius 2 is 2.00 bits per heavy atom. The van der Waals surface area contributed by atoms with Gasteiger partial charge in [-0.25, -0.2) is 8.78 Å². The van der Waals surface area contributed by atoms with E-state index >= 15 is 0 Å². The molecular formula is C12H16ClF2NO. The molecule has 1 heterocycles. The van der Waals surface area contributed by atoms with Crippen molar-refractivity contribution < 1.29 is 13.5 Å². The quantitative estimate of drug-likeness (QED) is 0.841. The van der Waals surface area contributed by atoms with Gasteiger partial charge in [0.05, 0.1) is 6.61 Å². The van der Waals surface area contributed by atoms with Gasteiger partial charge in [0.1, 0.15) is 17.7 Å². The van der Waals surface area contributed by atoms with Crippen LogP contribution in [-0.4, -0.2) is 18.7 Å². The molecule has 2 nitrogen and oxygen atoms in total. The van der Waals surface area contributed by atoms with Crippen LogP contribution in [0.2, 0.25) is 0 Å². The van der Waals surface area contributed by atoms with Crippen molar-refractivity contribution in [3.8, 4) is 0 Å². The van der Waals surface area contributed by atoms with E-state index < -0.39 is 11.6 Å². The van der Waals surface area contributed by atoms with Crippen molar-refractivity contribution in [1.82, 2.24) is 5.32 Å². The summed E-state index contributed by atoms with van der Waals surface area (Å²) in [5.74, 6) is -1.11. The molecule has 0 radical (unpaired) electrons. The zero-order valence-electron chi connectivity index (χ0n) is 9.74. The van der Waals surface area contributed by atoms with E-state index in [-0.39, 0.29) is 30.6 Å². The summed E-state index contributed by atoms with van der Waals surface area (Å²) in [6, 6.07) is 3.87. The van der Waals surface area contributed by atoms with Gasteiger partial charge in [0.2, 0.25) is 0 Å². The third kappa shape index (κ3) is 3.15. The van der Waals surface area contributed by atoms with E-state index in [9.17, 15) is 8.78 Å². The zero-order chi connectivity index (χ0) is 11.7. The molecule has 0 unspecified atom stereocenters. The van der Waals surface area contributed by atoms with Crippen LogP contribution in [-0.2, 0) is 4.74 Å². The van der Waals surface area contributed by atoms with Gasteiger partial charge in [0, 0.05) is 23.7 Å². The van der Waals surface area contributed by atoms with Crippen molar-refractivity contribution in [3.05, 3.63) is 35.4 Å². The molecule has 96 valence electrons. The summed E-state index contributed by atoms with van der Waals surface area (Å²) in [4.78, 5) is 0. The van der Waals surface area contributed by atoms with Crippen LogP contribution in [0.3, 0.4) is 0 Å². The largest absolute Gasteiger partial charge is 0.370 e. The van der Waals surface area contributed by atoms with Crippen LogP contribution >= 0.6 is 12.4 Å². The van der Waals surface area contributed by atoms with E-state index in [2.05, 4.69) is 5.32 Å². The lowest BCUT2D eigenvalue weighted by atomic mass is 10.0. The van der Waals surface area contributed by atoms with Crippen LogP contribution in [0, 0.1) is 11.6 Å². The van der Waals surface area contributed by atoms with Crippen molar-refractivity contribution in [1.29, 1.82) is 0 Å². The van der Waals surface area contributed by atoms with Gasteiger partial charge in [0.25, 0.3) is 0 Å². The highest BCUT2D eigenvalue weighted by Gasteiger charge is 2.28. The zero-order valence-corrected chi connectivity index (χ0v) is 10.6. The molecule has 1 saturated heterocycles. The minimum Gasteiger partial charge on any atom is -0.370 e. The Kier molecular flexibility index (Phi) is 4.86. The van der Waals surface area contributed by atoms with E-state index in [0.717, 1.165) is 6.07 Å². The van der Waals surface area contributed by atoms with Gasteiger partial charge in [-0.15, -0.1) is 12.4 Å². The summed E-state index contributed by atoms with van der Waals surface area (Å²) in [5, 5.41) is 3.28. The lowest BCUT2D eigenvalue weighted by Gasteiger charge is -2.34. The second-order valence-electron chi connectivity index (χ2n) is 4.28. The van der Waals surface area contributed by atoms with E-state index in [0.29, 0.717) is 12.2 Å². The number of hydrogen-bond donors (Lipinski definition) is 1. The molecule has 1 aromatic rings. The van der Waals surface area contributed by atoms with Gasteiger partial charge in [-0.2, -0.15) is 0 Å². The van der Waals surface area contributed by atoms with Crippen molar-refractivity contribution in [3.63, 3.8) is 0 Å². The predicted molar refractivity (Wildman–Crippen MR) is 64.4 cm³/mol. The molecule has 3 atom stereocenters. The van der Waals surface area contributed by atoms with Crippen molar-refractivity contribution in [2.75, 3.05) is 6.61 Å². The molecule has 1 fully saturated rings. The molecule has 0 amide bonds. The third-order valence-electron chi connectivity index (χ3n) is 2.80. The number of hydrogen-bond acceptors (Lipinski definition) is 2. The summed E-state index contributed by atoms with van der Waals surface area (Å²) < 4.78 is 31.9. The number of ether oxygens (including phenoxy) is 1. The van der Waals surface area contributed by atoms with Crippen molar-refractivity contribution in [2.45, 2.75) is 32.0 Å². The van der Waals surface area contributed by atoms with Crippen molar-refractivity contribution in [2.24, 2.45) is 0 Å². The number of benzene rings is 1. The molecule has 0 spiro atoms. The normalized spacial score (nSPS) is 28.6. The first-order chi connectivity index (χ1) is 7.58. The van der Waals surface area contributed by atoms with E-state index in [4.69, 9.17) is 4.74 Å². The highest BCUT2D eigenvalue weighted by Crippen LogP contribution is 2.27. The summed E-state index contributed by atoms with van der Waals surface area (Å²) >= 11 is 0. The van der Waals surface area contributed by atoms with Gasteiger partial charge < -0.3 is 10.1 Å². The average Bonchev–Trinajstić information content (AvgIpc) is 2.19. The minimum absolute atomic E-state index is 0. The molecular weight excluding hydrogens is 248 g/mol. The standard InChI is InChI=1S/C12H15F2NO.ClH/c1-7-6-16-12(8(2)15-7)10-4-3-9(13)5-11(10)14;/h3-5,7-8,12,15H,6H2,1-2H3;1H/t7-,8+,12-;/m0./s1. The van der Waals surface area contributed by atoms with E-state index in [1.54, 1.807) is 0 Å². The Balaban J connectivity index is 0.00000144. The number of morpholine rings is 1. The molecule has 1 N–H and O–H groups in total. The number of rotatable bonds is 1. The monoisotopic (exact) mass is 263 g/mol. The maximum Gasteiger partial charge on any atom is 0.131 e. The highest BCUT2D eigenvalue weighted by molar-refractivity contribution is 5.85. The van der Waals surface area contributed by atoms with Gasteiger partial charge in [-0.3, -0.25) is 0 Å². The smallest absolute Gasteiger partial charge is 0.131 e. The Bertz CT molecular complexity index is 389. The molecule has 0 aliphatic carbocycles. The minimum atomic E-state index is -0.564. The fourth-order valence-corrected chi connectivity index (χ4v) is 2.07. The molecule has 2 rings (SSSR count). The number of nitrogens with one attached hydrogen (secondary N) is 1. The Morgan fingerprint density at radius 3 is 2.59 bits per heavy atom. The van der Waals surface area contributed by atoms with Gasteiger partial charge in [-0.1, -0.05) is 6.07 Å². The second kappa shape index (κ2) is 5.76. The third-order valence-corrected chi connectivity index (χ3v) is 2.80. The maximum absolute atomic E-state index is 13.6. The summed E-state index contributed by atoms with van der Waals surface area (Å²) in [7, 11) is 0. The topological polar surface area (TPSA) is 21.3 Å². The molecule has 1 aliphatic rings. The first-order valence-corrected chi connectivity index (χ1v) is 5.40. The molecule has 1 aromatic carbocycles. The van der Waals surface area contributed by atoms with Crippen LogP contribution in [0.5, 0.6) is 0 Å². The second-order valence-corrected chi connectivity index (χ2v) is 4.28. The van der Waals surface area contributed by atoms with E-state index in [1.807, 2.05) is 13.8 Å². The van der Waals surface area contributed by atoms with Gasteiger partial charge in [-0.05, 0) is 19.9 Å². The fourth-order valence-electron chi connectivity index (χ4n) is 2.07. The first-order valence-electron chi connectivity index (χ1n) is 5.40. The molecule has 17 heavy (non-hydrogen) atoms. The Hall–Kier alpha value is -0.710. The molecule has 0 bridgehead atoms. The average molecular weight is 264 g/mol. The van der Waals surface area contributed by atoms with Crippen LogP contribution in [0.15, 0.2) is 18.2 Å². The summed E-state index contributed by atoms with van der Waals surface area (Å²) in [5.41, 5.74) is 0.410. The van der Waals surface area contributed by atoms with Crippen molar-refractivity contribution >= 4 is 12.4 Å². The van der Waals surface area contributed by atoms with Crippen LogP contribution < -0.4 is 5.32 Å². The Morgan fingerprint density at radius 1 is 1.29 bits per heavy atom. The van der Waals surface area contributed by atoms with Crippen LogP contribution in [0.25, 0.3) is 0 Å². The SMILES string of the molecule is C[C@H]1CO[C@H](c2ccc(F)cc2F)[C@@H](C)N1.Cl. The molecule has 1 aliphatic heterocycles. The maximum atomic E-state index is 13.6. The molecule has 0 aromatic heterocycles. The first kappa shape index (κ1) is 14.4. The lowest BCUT2D eigenvalue weighted by Crippen LogP contribution is -2.47.